The lowest BCUT2D eigenvalue weighted by molar-refractivity contribution is -0.0512. The number of rotatable bonds is 7. The Morgan fingerprint density at radius 3 is 2.75 bits per heavy atom. The van der Waals surface area contributed by atoms with Crippen LogP contribution in [-0.2, 0) is 5.41 Å². The second-order valence-electron chi connectivity index (χ2n) is 6.83. The van der Waals surface area contributed by atoms with Crippen LogP contribution < -0.4 is 14.8 Å². The van der Waals surface area contributed by atoms with E-state index in [2.05, 4.69) is 30.7 Å². The van der Waals surface area contributed by atoms with Crippen LogP contribution >= 0.6 is 0 Å². The molecule has 1 aliphatic carbocycles. The van der Waals surface area contributed by atoms with Crippen molar-refractivity contribution in [2.45, 2.75) is 37.7 Å². The SMILES string of the molecule is COc1cc(C2(CNc3ccc4nnnn4n3)CCCC2)ccc1OC(F)F. The predicted octanol–water partition coefficient (Wildman–Crippen LogP) is 3.05. The van der Waals surface area contributed by atoms with E-state index >= 15 is 0 Å². The highest BCUT2D eigenvalue weighted by atomic mass is 19.3. The van der Waals surface area contributed by atoms with Crippen LogP contribution in [0.15, 0.2) is 30.3 Å². The van der Waals surface area contributed by atoms with Gasteiger partial charge in [0.25, 0.3) is 0 Å². The molecule has 1 N–H and O–H groups in total. The minimum atomic E-state index is -2.89. The molecule has 3 aromatic rings. The van der Waals surface area contributed by atoms with Crippen LogP contribution in [0, 0.1) is 0 Å². The van der Waals surface area contributed by atoms with E-state index in [4.69, 9.17) is 4.74 Å². The number of hydrogen-bond donors (Lipinski definition) is 1. The average Bonchev–Trinajstić information content (AvgIpc) is 3.36. The van der Waals surface area contributed by atoms with Crippen LogP contribution in [0.4, 0.5) is 14.6 Å². The third-order valence-electron chi connectivity index (χ3n) is 5.23. The highest BCUT2D eigenvalue weighted by molar-refractivity contribution is 5.47. The van der Waals surface area contributed by atoms with Crippen molar-refractivity contribution in [1.82, 2.24) is 25.3 Å². The summed E-state index contributed by atoms with van der Waals surface area (Å²) in [6, 6.07) is 8.80. The van der Waals surface area contributed by atoms with Crippen molar-refractivity contribution in [2.75, 3.05) is 19.0 Å². The predicted molar refractivity (Wildman–Crippen MR) is 96.8 cm³/mol. The zero-order valence-corrected chi connectivity index (χ0v) is 15.3. The van der Waals surface area contributed by atoms with Crippen LogP contribution in [0.1, 0.15) is 31.2 Å². The summed E-state index contributed by atoms with van der Waals surface area (Å²) in [6.45, 7) is -2.25. The number of benzene rings is 1. The summed E-state index contributed by atoms with van der Waals surface area (Å²) < 4.78 is 36.4. The fourth-order valence-electron chi connectivity index (χ4n) is 3.81. The van der Waals surface area contributed by atoms with Crippen LogP contribution in [-0.4, -0.2) is 45.5 Å². The number of halogens is 2. The highest BCUT2D eigenvalue weighted by Crippen LogP contribution is 2.44. The molecule has 0 bridgehead atoms. The van der Waals surface area contributed by atoms with Crippen LogP contribution in [0.2, 0.25) is 0 Å². The molecule has 0 spiro atoms. The average molecular weight is 390 g/mol. The van der Waals surface area contributed by atoms with Crippen LogP contribution in [0.25, 0.3) is 5.65 Å². The summed E-state index contributed by atoms with van der Waals surface area (Å²) in [7, 11) is 1.45. The lowest BCUT2D eigenvalue weighted by atomic mass is 9.78. The first-order valence-electron chi connectivity index (χ1n) is 9.02. The summed E-state index contributed by atoms with van der Waals surface area (Å²) in [5, 5.41) is 18.9. The van der Waals surface area contributed by atoms with Gasteiger partial charge in [0, 0.05) is 12.0 Å². The third-order valence-corrected chi connectivity index (χ3v) is 5.23. The number of fused-ring (bicyclic) bond motifs is 1. The topological polar surface area (TPSA) is 86.5 Å². The molecule has 0 amide bonds. The van der Waals surface area contributed by atoms with Gasteiger partial charge in [0.2, 0.25) is 0 Å². The Kier molecular flexibility index (Phi) is 4.93. The summed E-state index contributed by atoms with van der Waals surface area (Å²) in [4.78, 5) is 0. The Morgan fingerprint density at radius 2 is 2.00 bits per heavy atom. The molecule has 1 fully saturated rings. The molecule has 1 aliphatic rings. The van der Waals surface area contributed by atoms with E-state index < -0.39 is 6.61 Å². The number of tetrazole rings is 1. The maximum atomic E-state index is 12.6. The van der Waals surface area contributed by atoms with Gasteiger partial charge in [-0.1, -0.05) is 18.9 Å². The molecule has 2 heterocycles. The van der Waals surface area contributed by atoms with E-state index in [1.54, 1.807) is 18.2 Å². The Morgan fingerprint density at radius 1 is 1.18 bits per heavy atom. The number of nitrogens with zero attached hydrogens (tertiary/aromatic N) is 5. The van der Waals surface area contributed by atoms with Crippen molar-refractivity contribution in [2.24, 2.45) is 0 Å². The standard InChI is InChI=1S/C18H20F2N6O2/c1-27-14-10-12(4-5-13(14)28-17(19)20)18(8-2-3-9-18)11-21-15-6-7-16-22-24-25-26(16)23-15/h4-7,10,17H,2-3,8-9,11H2,1H3,(H,21,23). The molecular formula is C18H20F2N6O2. The van der Waals surface area contributed by atoms with Crippen LogP contribution in [0.5, 0.6) is 11.5 Å². The van der Waals surface area contributed by atoms with Gasteiger partial charge in [-0.2, -0.15) is 8.78 Å². The van der Waals surface area contributed by atoms with Gasteiger partial charge in [-0.3, -0.25) is 0 Å². The normalized spacial score (nSPS) is 15.9. The number of hydrogen-bond acceptors (Lipinski definition) is 7. The Hall–Kier alpha value is -3.04. The second-order valence-corrected chi connectivity index (χ2v) is 6.83. The van der Waals surface area contributed by atoms with Gasteiger partial charge in [-0.05, 0) is 53.1 Å². The Balaban J connectivity index is 1.58. The first kappa shape index (κ1) is 18.3. The van der Waals surface area contributed by atoms with E-state index in [9.17, 15) is 8.78 Å². The molecule has 0 unspecified atom stereocenters. The fraction of sp³-hybridized carbons (Fsp3) is 0.444. The first-order valence-corrected chi connectivity index (χ1v) is 9.02. The van der Waals surface area contributed by atoms with Crippen molar-refractivity contribution in [3.63, 3.8) is 0 Å². The second kappa shape index (κ2) is 7.53. The minimum absolute atomic E-state index is 0.0353. The number of nitrogens with one attached hydrogen (secondary N) is 1. The molecule has 4 rings (SSSR count). The number of anilines is 1. The number of alkyl halides is 2. The summed E-state index contributed by atoms with van der Waals surface area (Å²) in [5.74, 6) is 1.00. The molecule has 0 aliphatic heterocycles. The van der Waals surface area contributed by atoms with Crippen molar-refractivity contribution >= 4 is 11.5 Å². The van der Waals surface area contributed by atoms with E-state index in [1.807, 2.05) is 12.1 Å². The Bertz CT molecular complexity index is 958. The largest absolute Gasteiger partial charge is 0.493 e. The molecule has 0 radical (unpaired) electrons. The molecule has 8 nitrogen and oxygen atoms in total. The van der Waals surface area contributed by atoms with E-state index in [1.165, 1.54) is 11.7 Å². The third kappa shape index (κ3) is 3.54. The van der Waals surface area contributed by atoms with Gasteiger partial charge in [-0.15, -0.1) is 14.8 Å². The molecule has 1 saturated carbocycles. The zero-order chi connectivity index (χ0) is 19.6. The lowest BCUT2D eigenvalue weighted by Crippen LogP contribution is -2.32. The van der Waals surface area contributed by atoms with Gasteiger partial charge in [0.15, 0.2) is 17.1 Å². The van der Waals surface area contributed by atoms with E-state index in [0.717, 1.165) is 31.2 Å². The van der Waals surface area contributed by atoms with E-state index in [0.29, 0.717) is 23.8 Å². The molecule has 148 valence electrons. The van der Waals surface area contributed by atoms with Crippen molar-refractivity contribution < 1.29 is 18.3 Å². The summed E-state index contributed by atoms with van der Waals surface area (Å²) in [6.07, 6.45) is 4.15. The molecule has 2 aromatic heterocycles. The maximum absolute atomic E-state index is 12.6. The molecule has 28 heavy (non-hydrogen) atoms. The summed E-state index contributed by atoms with van der Waals surface area (Å²) >= 11 is 0. The van der Waals surface area contributed by atoms with Gasteiger partial charge >= 0.3 is 6.61 Å². The zero-order valence-electron chi connectivity index (χ0n) is 15.3. The quantitative estimate of drug-likeness (QED) is 0.663. The number of ether oxygens (including phenoxy) is 2. The Labute approximate surface area is 159 Å². The van der Waals surface area contributed by atoms with Crippen molar-refractivity contribution in [1.29, 1.82) is 0 Å². The lowest BCUT2D eigenvalue weighted by Gasteiger charge is -2.30. The van der Waals surface area contributed by atoms with Crippen molar-refractivity contribution in [3.05, 3.63) is 35.9 Å². The molecule has 0 saturated heterocycles. The molecule has 0 atom stereocenters. The van der Waals surface area contributed by atoms with Gasteiger partial charge in [-0.25, -0.2) is 0 Å². The van der Waals surface area contributed by atoms with Gasteiger partial charge in [0.1, 0.15) is 5.82 Å². The molecular weight excluding hydrogens is 370 g/mol. The smallest absolute Gasteiger partial charge is 0.387 e. The number of methoxy groups -OCH3 is 1. The molecule has 1 aromatic carbocycles. The van der Waals surface area contributed by atoms with Gasteiger partial charge < -0.3 is 14.8 Å². The maximum Gasteiger partial charge on any atom is 0.387 e. The molecule has 10 heteroatoms. The highest BCUT2D eigenvalue weighted by Gasteiger charge is 2.36. The monoisotopic (exact) mass is 390 g/mol. The van der Waals surface area contributed by atoms with E-state index in [-0.39, 0.29) is 11.2 Å². The fourth-order valence-corrected chi connectivity index (χ4v) is 3.81. The summed E-state index contributed by atoms with van der Waals surface area (Å²) in [5.41, 5.74) is 1.45. The van der Waals surface area contributed by atoms with Crippen molar-refractivity contribution in [3.8, 4) is 11.5 Å². The minimum Gasteiger partial charge on any atom is -0.493 e. The first-order chi connectivity index (χ1) is 13.6. The van der Waals surface area contributed by atoms with Crippen LogP contribution in [0.3, 0.4) is 0 Å². The number of aromatic nitrogens is 5. The van der Waals surface area contributed by atoms with Gasteiger partial charge in [0.05, 0.1) is 7.11 Å².